The summed E-state index contributed by atoms with van der Waals surface area (Å²) in [6.45, 7) is 0. The van der Waals surface area contributed by atoms with E-state index in [4.69, 9.17) is 0 Å². The van der Waals surface area contributed by atoms with Crippen molar-refractivity contribution >= 4 is 59.5 Å². The second kappa shape index (κ2) is 11.9. The number of fused-ring (bicyclic) bond motifs is 10. The monoisotopic (exact) mass is 692 g/mol. The summed E-state index contributed by atoms with van der Waals surface area (Å²) in [7, 11) is 0. The van der Waals surface area contributed by atoms with Crippen LogP contribution in [0.1, 0.15) is 0 Å². The van der Waals surface area contributed by atoms with Crippen molar-refractivity contribution < 1.29 is 0 Å². The lowest BCUT2D eigenvalue weighted by molar-refractivity contribution is 1.13. The fourth-order valence-corrected chi connectivity index (χ4v) is 9.52. The van der Waals surface area contributed by atoms with E-state index in [9.17, 15) is 0 Å². The number of thiophene rings is 1. The van der Waals surface area contributed by atoms with Crippen LogP contribution in [0.25, 0.3) is 81.4 Å². The van der Waals surface area contributed by atoms with Crippen LogP contribution in [0.3, 0.4) is 0 Å². The Labute approximate surface area is 312 Å². The van der Waals surface area contributed by atoms with Gasteiger partial charge in [0.15, 0.2) is 0 Å². The van der Waals surface area contributed by atoms with Crippen LogP contribution < -0.4 is 4.90 Å². The summed E-state index contributed by atoms with van der Waals surface area (Å²) in [5, 5.41) is 3.87. The first-order valence-corrected chi connectivity index (χ1v) is 18.9. The standard InChI is InChI=1S/C50H32N2S/c1-3-15-33(16-4-1)38-24-14-25-42-48-40-22-7-10-26-44(40)51(45-27-11-8-23-41(45)50(48)52(49(38)42)36-18-5-2-6-19-36)37-20-13-17-34(31-37)35-29-30-47-43(32-35)39-21-9-12-28-46(39)53-47/h1-32H. The molecule has 0 atom stereocenters. The van der Waals surface area contributed by atoms with Gasteiger partial charge in [0.05, 0.1) is 22.6 Å². The van der Waals surface area contributed by atoms with E-state index in [2.05, 4.69) is 204 Å². The lowest BCUT2D eigenvalue weighted by atomic mass is 9.96. The van der Waals surface area contributed by atoms with Crippen molar-refractivity contribution in [1.29, 1.82) is 0 Å². The van der Waals surface area contributed by atoms with E-state index in [1.54, 1.807) is 0 Å². The van der Waals surface area contributed by atoms with Crippen LogP contribution in [0, 0.1) is 0 Å². The van der Waals surface area contributed by atoms with Crippen molar-refractivity contribution in [3.05, 3.63) is 194 Å². The molecule has 1 aliphatic heterocycles. The molecule has 0 radical (unpaired) electrons. The minimum atomic E-state index is 1.13. The number of hydrogen-bond acceptors (Lipinski definition) is 2. The first-order chi connectivity index (χ1) is 26.3. The number of benzene rings is 8. The van der Waals surface area contributed by atoms with E-state index in [1.807, 2.05) is 11.3 Å². The molecule has 2 aromatic heterocycles. The van der Waals surface area contributed by atoms with E-state index < -0.39 is 0 Å². The molecule has 0 bridgehead atoms. The third-order valence-electron chi connectivity index (χ3n) is 10.7. The molecule has 0 spiro atoms. The average molecular weight is 693 g/mol. The zero-order chi connectivity index (χ0) is 34.9. The SMILES string of the molecule is c1ccc(-c2cccc3c4c(n(-c5ccccc5)c23)-c2ccccc2N(c2cccc(-c3ccc5sc6ccccc6c5c3)c2)c2ccccc2-4)cc1. The molecular formula is C50H32N2S. The van der Waals surface area contributed by atoms with Crippen LogP contribution in [-0.2, 0) is 0 Å². The molecule has 0 unspecified atom stereocenters. The first-order valence-electron chi connectivity index (χ1n) is 18.1. The Bertz CT molecular complexity index is 3010. The van der Waals surface area contributed by atoms with Gasteiger partial charge in [0.2, 0.25) is 0 Å². The highest BCUT2D eigenvalue weighted by Crippen LogP contribution is 2.55. The van der Waals surface area contributed by atoms with Gasteiger partial charge in [-0.3, -0.25) is 0 Å². The van der Waals surface area contributed by atoms with Crippen molar-refractivity contribution in [2.24, 2.45) is 0 Å². The molecule has 10 aromatic rings. The predicted octanol–water partition coefficient (Wildman–Crippen LogP) is 14.4. The van der Waals surface area contributed by atoms with Gasteiger partial charge in [0.1, 0.15) is 0 Å². The molecule has 53 heavy (non-hydrogen) atoms. The number of rotatable bonds is 4. The second-order valence-electron chi connectivity index (χ2n) is 13.7. The van der Waals surface area contributed by atoms with Crippen molar-refractivity contribution in [1.82, 2.24) is 4.57 Å². The van der Waals surface area contributed by atoms with Gasteiger partial charge in [-0.25, -0.2) is 0 Å². The van der Waals surface area contributed by atoms with E-state index in [0.717, 1.165) is 22.7 Å². The quantitative estimate of drug-likeness (QED) is 0.178. The van der Waals surface area contributed by atoms with Crippen LogP contribution in [0.4, 0.5) is 17.1 Å². The molecule has 2 nitrogen and oxygen atoms in total. The third-order valence-corrected chi connectivity index (χ3v) is 11.9. The van der Waals surface area contributed by atoms with Gasteiger partial charge < -0.3 is 9.47 Å². The number of para-hydroxylation sites is 4. The average Bonchev–Trinajstić information content (AvgIpc) is 3.74. The lowest BCUT2D eigenvalue weighted by Crippen LogP contribution is -2.11. The lowest BCUT2D eigenvalue weighted by Gasteiger charge is -2.28. The molecule has 0 aliphatic carbocycles. The van der Waals surface area contributed by atoms with Gasteiger partial charge in [-0.1, -0.05) is 140 Å². The van der Waals surface area contributed by atoms with Crippen LogP contribution in [0.5, 0.6) is 0 Å². The van der Waals surface area contributed by atoms with Gasteiger partial charge in [-0.15, -0.1) is 11.3 Å². The zero-order valence-corrected chi connectivity index (χ0v) is 29.6. The number of aromatic nitrogens is 1. The molecule has 248 valence electrons. The summed E-state index contributed by atoms with van der Waals surface area (Å²) in [4.78, 5) is 2.47. The summed E-state index contributed by atoms with van der Waals surface area (Å²) in [5.41, 5.74) is 15.5. The highest BCUT2D eigenvalue weighted by atomic mass is 32.1. The molecule has 0 fully saturated rings. The van der Waals surface area contributed by atoms with E-state index in [0.29, 0.717) is 0 Å². The molecule has 0 amide bonds. The number of anilines is 3. The number of nitrogens with zero attached hydrogens (tertiary/aromatic N) is 2. The minimum Gasteiger partial charge on any atom is -0.309 e. The maximum Gasteiger partial charge on any atom is 0.0641 e. The Balaban J connectivity index is 1.18. The van der Waals surface area contributed by atoms with Crippen molar-refractivity contribution in [2.45, 2.75) is 0 Å². The fraction of sp³-hybridized carbons (Fsp3) is 0. The minimum absolute atomic E-state index is 1.13. The van der Waals surface area contributed by atoms with E-state index >= 15 is 0 Å². The molecule has 0 saturated heterocycles. The predicted molar refractivity (Wildman–Crippen MR) is 226 cm³/mol. The van der Waals surface area contributed by atoms with Gasteiger partial charge in [0.25, 0.3) is 0 Å². The van der Waals surface area contributed by atoms with Crippen molar-refractivity contribution in [2.75, 3.05) is 4.90 Å². The molecule has 0 saturated carbocycles. The smallest absolute Gasteiger partial charge is 0.0641 e. The second-order valence-corrected chi connectivity index (χ2v) is 14.8. The summed E-state index contributed by atoms with van der Waals surface area (Å²) >= 11 is 1.86. The zero-order valence-electron chi connectivity index (χ0n) is 28.8. The van der Waals surface area contributed by atoms with Gasteiger partial charge in [-0.2, -0.15) is 0 Å². The molecule has 8 aromatic carbocycles. The highest BCUT2D eigenvalue weighted by Gasteiger charge is 2.32. The molecule has 11 rings (SSSR count). The van der Waals surface area contributed by atoms with E-state index in [-0.39, 0.29) is 0 Å². The summed E-state index contributed by atoms with van der Waals surface area (Å²) in [6.07, 6.45) is 0. The fourth-order valence-electron chi connectivity index (χ4n) is 8.44. The summed E-state index contributed by atoms with van der Waals surface area (Å²) in [5.74, 6) is 0. The third kappa shape index (κ3) is 4.64. The Morgan fingerprint density at radius 3 is 1.79 bits per heavy atom. The van der Waals surface area contributed by atoms with Crippen LogP contribution in [0.15, 0.2) is 194 Å². The summed E-state index contributed by atoms with van der Waals surface area (Å²) < 4.78 is 5.15. The Morgan fingerprint density at radius 2 is 0.943 bits per heavy atom. The van der Waals surface area contributed by atoms with E-state index in [1.165, 1.54) is 75.7 Å². The van der Waals surface area contributed by atoms with Crippen LogP contribution >= 0.6 is 11.3 Å². The normalized spacial score (nSPS) is 12.1. The molecule has 1 aliphatic rings. The highest BCUT2D eigenvalue weighted by molar-refractivity contribution is 7.25. The van der Waals surface area contributed by atoms with Gasteiger partial charge >= 0.3 is 0 Å². The molecule has 0 N–H and O–H groups in total. The van der Waals surface area contributed by atoms with Crippen molar-refractivity contribution in [3.8, 4) is 50.3 Å². The molecule has 3 heteroatoms. The Hall–Kier alpha value is -6.68. The van der Waals surface area contributed by atoms with Gasteiger partial charge in [-0.05, 0) is 71.3 Å². The van der Waals surface area contributed by atoms with Gasteiger partial charge in [0, 0.05) is 59.2 Å². The molecular weight excluding hydrogens is 661 g/mol. The molecule has 3 heterocycles. The Morgan fingerprint density at radius 1 is 0.358 bits per heavy atom. The van der Waals surface area contributed by atoms with Crippen LogP contribution in [-0.4, -0.2) is 4.57 Å². The topological polar surface area (TPSA) is 8.17 Å². The number of hydrogen-bond donors (Lipinski definition) is 0. The maximum atomic E-state index is 2.50. The summed E-state index contributed by atoms with van der Waals surface area (Å²) in [6, 6.07) is 71.0. The first kappa shape index (κ1) is 30.0. The maximum absolute atomic E-state index is 2.50. The van der Waals surface area contributed by atoms with Crippen LogP contribution in [0.2, 0.25) is 0 Å². The van der Waals surface area contributed by atoms with Crippen molar-refractivity contribution in [3.63, 3.8) is 0 Å². The Kier molecular flexibility index (Phi) is 6.76. The largest absolute Gasteiger partial charge is 0.309 e.